The summed E-state index contributed by atoms with van der Waals surface area (Å²) >= 11 is 4.79. The van der Waals surface area contributed by atoms with Gasteiger partial charge in [0.05, 0.1) is 0 Å². The van der Waals surface area contributed by atoms with E-state index < -0.39 is 11.6 Å². The molecule has 3 heteroatoms. The van der Waals surface area contributed by atoms with Gasteiger partial charge in [0.15, 0.2) is 11.6 Å². The Morgan fingerprint density at radius 3 is 2.54 bits per heavy atom. The molecule has 1 rings (SSSR count). The van der Waals surface area contributed by atoms with E-state index in [9.17, 15) is 8.78 Å². The van der Waals surface area contributed by atoms with Crippen LogP contribution in [-0.2, 0) is 0 Å². The van der Waals surface area contributed by atoms with Crippen molar-refractivity contribution >= 4 is 17.6 Å². The van der Waals surface area contributed by atoms with E-state index in [1.165, 1.54) is 6.07 Å². The van der Waals surface area contributed by atoms with Gasteiger partial charge in [0.25, 0.3) is 0 Å². The third-order valence-corrected chi connectivity index (χ3v) is 2.30. The molecular weight excluding hydrogens is 190 g/mol. The predicted octanol–water partition coefficient (Wildman–Crippen LogP) is 3.46. The van der Waals surface area contributed by atoms with Gasteiger partial charge in [-0.1, -0.05) is 25.2 Å². The van der Waals surface area contributed by atoms with Crippen LogP contribution in [0.25, 0.3) is 0 Å². The van der Waals surface area contributed by atoms with Crippen LogP contribution >= 0.6 is 12.2 Å². The Hall–Kier alpha value is -0.830. The highest BCUT2D eigenvalue weighted by molar-refractivity contribution is 7.79. The van der Waals surface area contributed by atoms with Gasteiger partial charge in [-0.05, 0) is 29.5 Å². The lowest BCUT2D eigenvalue weighted by Crippen LogP contribution is -1.98. The summed E-state index contributed by atoms with van der Waals surface area (Å²) in [5.74, 6) is -1.60. The minimum Gasteiger partial charge on any atom is -0.204 e. The van der Waals surface area contributed by atoms with Crippen molar-refractivity contribution in [2.45, 2.75) is 19.3 Å². The zero-order chi connectivity index (χ0) is 9.84. The van der Waals surface area contributed by atoms with E-state index in [0.717, 1.165) is 18.1 Å². The van der Waals surface area contributed by atoms with Crippen LogP contribution in [0.5, 0.6) is 0 Å². The molecule has 0 saturated heterocycles. The van der Waals surface area contributed by atoms with Crippen LogP contribution in [0.15, 0.2) is 18.2 Å². The Morgan fingerprint density at radius 2 is 2.08 bits per heavy atom. The summed E-state index contributed by atoms with van der Waals surface area (Å²) < 4.78 is 25.3. The summed E-state index contributed by atoms with van der Waals surface area (Å²) in [6.45, 7) is 1.95. The molecule has 0 amide bonds. The van der Waals surface area contributed by atoms with Crippen LogP contribution in [0.4, 0.5) is 8.78 Å². The van der Waals surface area contributed by atoms with Crippen molar-refractivity contribution in [1.29, 1.82) is 0 Å². The molecule has 0 spiro atoms. The fourth-order valence-corrected chi connectivity index (χ4v) is 1.50. The molecule has 0 aromatic heterocycles. The highest BCUT2D eigenvalue weighted by Crippen LogP contribution is 2.19. The Bertz CT molecular complexity index is 310. The first-order valence-electron chi connectivity index (χ1n) is 4.09. The van der Waals surface area contributed by atoms with Gasteiger partial charge in [-0.25, -0.2) is 8.78 Å². The summed E-state index contributed by atoms with van der Waals surface area (Å²) in [5, 5.41) is 1.58. The van der Waals surface area contributed by atoms with Crippen molar-refractivity contribution in [3.63, 3.8) is 0 Å². The van der Waals surface area contributed by atoms with Crippen molar-refractivity contribution in [1.82, 2.24) is 0 Å². The summed E-state index contributed by atoms with van der Waals surface area (Å²) in [7, 11) is 0. The summed E-state index contributed by atoms with van der Waals surface area (Å²) in [6.07, 6.45) is 0.800. The zero-order valence-corrected chi connectivity index (χ0v) is 8.07. The molecule has 0 aliphatic carbocycles. The molecule has 0 radical (unpaired) electrons. The molecule has 0 aliphatic heterocycles. The maximum absolute atomic E-state index is 12.8. The second kappa shape index (κ2) is 4.42. The average Bonchev–Trinajstić information content (AvgIpc) is 2.13. The van der Waals surface area contributed by atoms with Gasteiger partial charge >= 0.3 is 0 Å². The molecule has 0 fully saturated rings. The average molecular weight is 200 g/mol. The van der Waals surface area contributed by atoms with Crippen molar-refractivity contribution in [2.24, 2.45) is 0 Å². The van der Waals surface area contributed by atoms with E-state index in [2.05, 4.69) is 0 Å². The maximum atomic E-state index is 12.8. The molecule has 0 nitrogen and oxygen atoms in total. The van der Waals surface area contributed by atoms with Gasteiger partial charge < -0.3 is 0 Å². The van der Waals surface area contributed by atoms with Gasteiger partial charge in [0.1, 0.15) is 0 Å². The van der Waals surface area contributed by atoms with Crippen LogP contribution in [0.3, 0.4) is 0 Å². The number of benzene rings is 1. The van der Waals surface area contributed by atoms with Crippen LogP contribution < -0.4 is 0 Å². The highest BCUT2D eigenvalue weighted by atomic mass is 32.1. The largest absolute Gasteiger partial charge is 0.204 e. The van der Waals surface area contributed by atoms with Crippen LogP contribution in [-0.4, -0.2) is 5.37 Å². The zero-order valence-electron chi connectivity index (χ0n) is 7.26. The number of hydrogen-bond donors (Lipinski definition) is 0. The predicted molar refractivity (Wildman–Crippen MR) is 53.0 cm³/mol. The molecule has 0 bridgehead atoms. The lowest BCUT2D eigenvalue weighted by atomic mass is 9.98. The van der Waals surface area contributed by atoms with Crippen LogP contribution in [0.1, 0.15) is 24.8 Å². The molecule has 1 aromatic rings. The van der Waals surface area contributed by atoms with E-state index in [1.807, 2.05) is 6.92 Å². The minimum absolute atomic E-state index is 0.0325. The normalized spacial score (nSPS) is 12.5. The molecular formula is C10H10F2S. The van der Waals surface area contributed by atoms with Crippen LogP contribution in [0.2, 0.25) is 0 Å². The Kier molecular flexibility index (Phi) is 3.48. The van der Waals surface area contributed by atoms with Gasteiger partial charge in [-0.2, -0.15) is 0 Å². The maximum Gasteiger partial charge on any atom is 0.159 e. The van der Waals surface area contributed by atoms with E-state index >= 15 is 0 Å². The van der Waals surface area contributed by atoms with Crippen molar-refractivity contribution in [2.75, 3.05) is 0 Å². The van der Waals surface area contributed by atoms with E-state index in [4.69, 9.17) is 12.2 Å². The second-order valence-corrected chi connectivity index (χ2v) is 3.10. The fraction of sp³-hybridized carbons (Fsp3) is 0.300. The number of hydrogen-bond acceptors (Lipinski definition) is 1. The number of rotatable bonds is 3. The minimum atomic E-state index is -0.817. The highest BCUT2D eigenvalue weighted by Gasteiger charge is 2.08. The topological polar surface area (TPSA) is 0 Å². The first-order chi connectivity index (χ1) is 6.19. The first kappa shape index (κ1) is 10.3. The first-order valence-corrected chi connectivity index (χ1v) is 4.56. The summed E-state index contributed by atoms with van der Waals surface area (Å²) in [5.41, 5.74) is 0.733. The molecule has 0 aliphatic rings. The van der Waals surface area contributed by atoms with E-state index in [0.29, 0.717) is 0 Å². The lowest BCUT2D eigenvalue weighted by molar-refractivity contribution is 0.506. The fourth-order valence-electron chi connectivity index (χ4n) is 1.15. The SMILES string of the molecule is CCC(C=S)c1ccc(F)c(F)c1. The number of halogens is 2. The molecule has 1 aromatic carbocycles. The molecule has 1 atom stereocenters. The third kappa shape index (κ3) is 2.31. The van der Waals surface area contributed by atoms with Gasteiger partial charge in [-0.15, -0.1) is 0 Å². The quantitative estimate of drug-likeness (QED) is 0.673. The van der Waals surface area contributed by atoms with Crippen LogP contribution in [0, 0.1) is 11.6 Å². The molecule has 1 unspecified atom stereocenters. The smallest absolute Gasteiger partial charge is 0.159 e. The van der Waals surface area contributed by atoms with Crippen molar-refractivity contribution in [3.8, 4) is 0 Å². The Labute approximate surface area is 81.6 Å². The molecule has 70 valence electrons. The van der Waals surface area contributed by atoms with E-state index in [1.54, 1.807) is 11.4 Å². The van der Waals surface area contributed by atoms with Crippen molar-refractivity contribution < 1.29 is 8.78 Å². The summed E-state index contributed by atoms with van der Waals surface area (Å²) in [6, 6.07) is 3.90. The molecule has 13 heavy (non-hydrogen) atoms. The third-order valence-electron chi connectivity index (χ3n) is 1.98. The number of thiocarbonyl (C=S) groups is 1. The van der Waals surface area contributed by atoms with Crippen molar-refractivity contribution in [3.05, 3.63) is 35.4 Å². The Balaban J connectivity index is 3.01. The van der Waals surface area contributed by atoms with Gasteiger partial charge in [0, 0.05) is 5.92 Å². The van der Waals surface area contributed by atoms with Gasteiger partial charge in [-0.3, -0.25) is 0 Å². The molecule has 0 saturated carbocycles. The second-order valence-electron chi connectivity index (χ2n) is 2.82. The Morgan fingerprint density at radius 1 is 1.38 bits per heavy atom. The molecule has 0 N–H and O–H groups in total. The molecule has 0 heterocycles. The monoisotopic (exact) mass is 200 g/mol. The standard InChI is InChI=1S/C10H10F2S/c1-2-7(6-13)8-3-4-9(11)10(12)5-8/h3-7H,2H2,1H3. The summed E-state index contributed by atoms with van der Waals surface area (Å²) in [4.78, 5) is 0. The van der Waals surface area contributed by atoms with Gasteiger partial charge in [0.2, 0.25) is 0 Å². The van der Waals surface area contributed by atoms with E-state index in [-0.39, 0.29) is 5.92 Å². The lowest BCUT2D eigenvalue weighted by Gasteiger charge is -2.08.